The SMILES string of the molecule is CCC(CC)(CO)CNC(=O)c1ccc2c(c1)NC(=O)C2. The third-order valence-corrected chi connectivity index (χ3v) is 4.46. The lowest BCUT2D eigenvalue weighted by Crippen LogP contribution is -2.39. The lowest BCUT2D eigenvalue weighted by molar-refractivity contribution is -0.115. The van der Waals surface area contributed by atoms with Crippen molar-refractivity contribution in [2.24, 2.45) is 5.41 Å². The topological polar surface area (TPSA) is 78.4 Å². The molecule has 1 aliphatic rings. The molecule has 1 aliphatic heterocycles. The average molecular weight is 290 g/mol. The molecule has 0 saturated heterocycles. The predicted octanol–water partition coefficient (Wildman–Crippen LogP) is 1.71. The fourth-order valence-electron chi connectivity index (χ4n) is 2.50. The number of nitrogens with one attached hydrogen (secondary N) is 2. The fraction of sp³-hybridized carbons (Fsp3) is 0.500. The van der Waals surface area contributed by atoms with E-state index in [4.69, 9.17) is 0 Å². The van der Waals surface area contributed by atoms with Crippen LogP contribution in [0.4, 0.5) is 5.69 Å². The van der Waals surface area contributed by atoms with Crippen molar-refractivity contribution in [1.29, 1.82) is 0 Å². The maximum absolute atomic E-state index is 12.2. The number of benzene rings is 1. The number of rotatable bonds is 6. The minimum atomic E-state index is -0.263. The first-order chi connectivity index (χ1) is 10.0. The summed E-state index contributed by atoms with van der Waals surface area (Å²) in [4.78, 5) is 23.5. The van der Waals surface area contributed by atoms with Gasteiger partial charge in [0.2, 0.25) is 5.91 Å². The highest BCUT2D eigenvalue weighted by atomic mass is 16.3. The molecule has 114 valence electrons. The van der Waals surface area contributed by atoms with Gasteiger partial charge in [-0.3, -0.25) is 9.59 Å². The highest BCUT2D eigenvalue weighted by molar-refractivity contribution is 6.02. The smallest absolute Gasteiger partial charge is 0.251 e. The number of aliphatic hydroxyl groups is 1. The molecule has 2 rings (SSSR count). The summed E-state index contributed by atoms with van der Waals surface area (Å²) in [6, 6.07) is 5.24. The molecule has 0 atom stereocenters. The summed E-state index contributed by atoms with van der Waals surface area (Å²) in [5, 5.41) is 15.1. The highest BCUT2D eigenvalue weighted by Gasteiger charge is 2.26. The summed E-state index contributed by atoms with van der Waals surface area (Å²) in [5.74, 6) is -0.225. The van der Waals surface area contributed by atoms with Gasteiger partial charge >= 0.3 is 0 Å². The Kier molecular flexibility index (Phi) is 4.63. The number of carbonyl (C=O) groups excluding carboxylic acids is 2. The van der Waals surface area contributed by atoms with E-state index in [0.717, 1.165) is 18.4 Å². The van der Waals surface area contributed by atoms with Gasteiger partial charge in [-0.1, -0.05) is 19.9 Å². The number of fused-ring (bicyclic) bond motifs is 1. The van der Waals surface area contributed by atoms with E-state index in [9.17, 15) is 14.7 Å². The van der Waals surface area contributed by atoms with Gasteiger partial charge in [0.05, 0.1) is 13.0 Å². The number of hydrogen-bond donors (Lipinski definition) is 3. The van der Waals surface area contributed by atoms with Crippen LogP contribution in [0.1, 0.15) is 42.6 Å². The maximum atomic E-state index is 12.2. The van der Waals surface area contributed by atoms with Crippen molar-refractivity contribution in [1.82, 2.24) is 5.32 Å². The van der Waals surface area contributed by atoms with E-state index in [2.05, 4.69) is 10.6 Å². The van der Waals surface area contributed by atoms with Gasteiger partial charge in [-0.05, 0) is 30.5 Å². The minimum absolute atomic E-state index is 0.0428. The zero-order valence-electron chi connectivity index (χ0n) is 12.5. The second-order valence-corrected chi connectivity index (χ2v) is 5.64. The number of aliphatic hydroxyl groups excluding tert-OH is 1. The van der Waals surface area contributed by atoms with E-state index in [-0.39, 0.29) is 23.8 Å². The van der Waals surface area contributed by atoms with Crippen molar-refractivity contribution in [2.45, 2.75) is 33.1 Å². The number of hydrogen-bond acceptors (Lipinski definition) is 3. The first-order valence-electron chi connectivity index (χ1n) is 7.35. The van der Waals surface area contributed by atoms with E-state index in [0.29, 0.717) is 24.2 Å². The predicted molar refractivity (Wildman–Crippen MR) is 81.2 cm³/mol. The van der Waals surface area contributed by atoms with Crippen LogP contribution in [0.2, 0.25) is 0 Å². The molecular formula is C16H22N2O3. The summed E-state index contributed by atoms with van der Waals surface area (Å²) in [6.45, 7) is 4.52. The highest BCUT2D eigenvalue weighted by Crippen LogP contribution is 2.26. The van der Waals surface area contributed by atoms with E-state index in [1.54, 1.807) is 18.2 Å². The second-order valence-electron chi connectivity index (χ2n) is 5.64. The molecule has 0 bridgehead atoms. The molecule has 0 unspecified atom stereocenters. The lowest BCUT2D eigenvalue weighted by Gasteiger charge is -2.29. The molecule has 1 aromatic rings. The molecular weight excluding hydrogens is 268 g/mol. The van der Waals surface area contributed by atoms with Crippen molar-refractivity contribution in [2.75, 3.05) is 18.5 Å². The van der Waals surface area contributed by atoms with E-state index < -0.39 is 0 Å². The fourth-order valence-corrected chi connectivity index (χ4v) is 2.50. The Morgan fingerprint density at radius 2 is 2.10 bits per heavy atom. The first kappa shape index (κ1) is 15.5. The Balaban J connectivity index is 2.05. The van der Waals surface area contributed by atoms with Crippen LogP contribution in [0.3, 0.4) is 0 Å². The van der Waals surface area contributed by atoms with Gasteiger partial charge in [0.25, 0.3) is 5.91 Å². The first-order valence-corrected chi connectivity index (χ1v) is 7.35. The Morgan fingerprint density at radius 1 is 1.38 bits per heavy atom. The van der Waals surface area contributed by atoms with Gasteiger partial charge in [0.1, 0.15) is 0 Å². The van der Waals surface area contributed by atoms with Crippen LogP contribution < -0.4 is 10.6 Å². The molecule has 0 aliphatic carbocycles. The zero-order chi connectivity index (χ0) is 15.5. The molecule has 0 fully saturated rings. The van der Waals surface area contributed by atoms with Gasteiger partial charge in [0, 0.05) is 23.2 Å². The van der Waals surface area contributed by atoms with E-state index in [1.807, 2.05) is 13.8 Å². The van der Waals surface area contributed by atoms with Crippen LogP contribution in [0.5, 0.6) is 0 Å². The number of carbonyl (C=O) groups is 2. The summed E-state index contributed by atoms with van der Waals surface area (Å²) < 4.78 is 0. The van der Waals surface area contributed by atoms with E-state index in [1.165, 1.54) is 0 Å². The van der Waals surface area contributed by atoms with Gasteiger partial charge in [-0.15, -0.1) is 0 Å². The van der Waals surface area contributed by atoms with Crippen molar-refractivity contribution in [3.8, 4) is 0 Å². The number of amides is 2. The standard InChI is InChI=1S/C16H22N2O3/c1-3-16(4-2,10-19)9-17-15(21)12-6-5-11-8-14(20)18-13(11)7-12/h5-7,19H,3-4,8-10H2,1-2H3,(H,17,21)(H,18,20). The maximum Gasteiger partial charge on any atom is 0.251 e. The van der Waals surface area contributed by atoms with Crippen LogP contribution >= 0.6 is 0 Å². The minimum Gasteiger partial charge on any atom is -0.396 e. The van der Waals surface area contributed by atoms with Gasteiger partial charge in [0.15, 0.2) is 0 Å². The summed E-state index contributed by atoms with van der Waals surface area (Å²) in [7, 11) is 0. The molecule has 21 heavy (non-hydrogen) atoms. The van der Waals surface area contributed by atoms with Crippen molar-refractivity contribution in [3.05, 3.63) is 29.3 Å². The molecule has 2 amide bonds. The van der Waals surface area contributed by atoms with Crippen LogP contribution in [0.15, 0.2) is 18.2 Å². The average Bonchev–Trinajstić information content (AvgIpc) is 2.88. The molecule has 0 saturated carbocycles. The third-order valence-electron chi connectivity index (χ3n) is 4.46. The normalized spacial score (nSPS) is 13.8. The quantitative estimate of drug-likeness (QED) is 0.746. The van der Waals surface area contributed by atoms with E-state index >= 15 is 0 Å². The van der Waals surface area contributed by atoms with Crippen LogP contribution in [0.25, 0.3) is 0 Å². The monoisotopic (exact) mass is 290 g/mol. The largest absolute Gasteiger partial charge is 0.396 e. The Morgan fingerprint density at radius 3 is 2.71 bits per heavy atom. The Hall–Kier alpha value is -1.88. The summed E-state index contributed by atoms with van der Waals surface area (Å²) in [5.41, 5.74) is 1.89. The molecule has 5 heteroatoms. The summed E-state index contributed by atoms with van der Waals surface area (Å²) >= 11 is 0. The third kappa shape index (κ3) is 3.24. The van der Waals surface area contributed by atoms with Gasteiger partial charge < -0.3 is 15.7 Å². The Bertz CT molecular complexity index is 542. The molecule has 0 spiro atoms. The molecule has 1 heterocycles. The molecule has 5 nitrogen and oxygen atoms in total. The lowest BCUT2D eigenvalue weighted by atomic mass is 9.83. The molecule has 3 N–H and O–H groups in total. The molecule has 0 radical (unpaired) electrons. The number of anilines is 1. The van der Waals surface area contributed by atoms with Crippen molar-refractivity contribution in [3.63, 3.8) is 0 Å². The molecule has 1 aromatic carbocycles. The second kappa shape index (κ2) is 6.26. The van der Waals surface area contributed by atoms with Crippen molar-refractivity contribution >= 4 is 17.5 Å². The van der Waals surface area contributed by atoms with Gasteiger partial charge in [-0.25, -0.2) is 0 Å². The molecule has 0 aromatic heterocycles. The zero-order valence-corrected chi connectivity index (χ0v) is 12.5. The van der Waals surface area contributed by atoms with Crippen LogP contribution in [0, 0.1) is 5.41 Å². The van der Waals surface area contributed by atoms with Crippen molar-refractivity contribution < 1.29 is 14.7 Å². The van der Waals surface area contributed by atoms with Crippen LogP contribution in [-0.2, 0) is 11.2 Å². The van der Waals surface area contributed by atoms with Crippen LogP contribution in [-0.4, -0.2) is 30.1 Å². The summed E-state index contributed by atoms with van der Waals surface area (Å²) in [6.07, 6.45) is 1.98. The van der Waals surface area contributed by atoms with Gasteiger partial charge in [-0.2, -0.15) is 0 Å². The Labute approximate surface area is 124 Å².